The molecule has 1 aliphatic rings. The summed E-state index contributed by atoms with van der Waals surface area (Å²) in [5.74, 6) is 0.835. The molecule has 0 aromatic carbocycles. The first-order valence-electron chi connectivity index (χ1n) is 8.32. The zero-order valence-corrected chi connectivity index (χ0v) is 15.1. The van der Waals surface area contributed by atoms with Gasteiger partial charge in [0.2, 0.25) is 0 Å². The van der Waals surface area contributed by atoms with Gasteiger partial charge < -0.3 is 5.32 Å². The molecule has 3 nitrogen and oxygen atoms in total. The predicted molar refractivity (Wildman–Crippen MR) is 91.9 cm³/mol. The highest BCUT2D eigenvalue weighted by Crippen LogP contribution is 2.30. The molecule has 120 valence electrons. The highest BCUT2D eigenvalue weighted by atomic mass is 32.1. The highest BCUT2D eigenvalue weighted by Gasteiger charge is 2.24. The molecule has 1 unspecified atom stereocenters. The van der Waals surface area contributed by atoms with Crippen LogP contribution in [0.3, 0.4) is 0 Å². The summed E-state index contributed by atoms with van der Waals surface area (Å²) in [6, 6.07) is 0. The molecule has 0 amide bonds. The second-order valence-electron chi connectivity index (χ2n) is 7.39. The average molecular weight is 310 g/mol. The van der Waals surface area contributed by atoms with Crippen LogP contribution < -0.4 is 5.32 Å². The topological polar surface area (TPSA) is 28.2 Å². The number of nitrogens with zero attached hydrogens (tertiary/aromatic N) is 2. The fraction of sp³-hybridized carbons (Fsp3) is 0.824. The minimum atomic E-state index is 0.134. The molecule has 0 aliphatic carbocycles. The van der Waals surface area contributed by atoms with E-state index in [4.69, 9.17) is 4.98 Å². The highest BCUT2D eigenvalue weighted by molar-refractivity contribution is 7.11. The van der Waals surface area contributed by atoms with Crippen LogP contribution in [0, 0.1) is 5.92 Å². The number of hydrogen-bond acceptors (Lipinski definition) is 4. The van der Waals surface area contributed by atoms with Crippen molar-refractivity contribution in [2.24, 2.45) is 5.92 Å². The summed E-state index contributed by atoms with van der Waals surface area (Å²) in [6.45, 7) is 16.8. The number of thiazole rings is 1. The van der Waals surface area contributed by atoms with E-state index in [2.05, 4.69) is 44.8 Å². The molecule has 1 aromatic rings. The molecule has 4 heteroatoms. The molecule has 2 rings (SSSR count). The van der Waals surface area contributed by atoms with Crippen molar-refractivity contribution in [2.45, 2.75) is 66.0 Å². The van der Waals surface area contributed by atoms with Crippen molar-refractivity contribution in [3.05, 3.63) is 15.6 Å². The van der Waals surface area contributed by atoms with E-state index in [-0.39, 0.29) is 5.41 Å². The number of aromatic nitrogens is 1. The molecule has 0 radical (unpaired) electrons. The molecule has 2 heterocycles. The third-order valence-electron chi connectivity index (χ3n) is 4.09. The maximum atomic E-state index is 4.99. The predicted octanol–water partition coefficient (Wildman–Crippen LogP) is 3.78. The molecule has 0 spiro atoms. The van der Waals surface area contributed by atoms with Gasteiger partial charge in [-0.3, -0.25) is 4.90 Å². The first-order chi connectivity index (χ1) is 9.90. The third-order valence-corrected chi connectivity index (χ3v) is 5.13. The lowest BCUT2D eigenvalue weighted by Gasteiger charge is -2.30. The van der Waals surface area contributed by atoms with Gasteiger partial charge in [-0.05, 0) is 31.8 Å². The Morgan fingerprint density at radius 1 is 1.38 bits per heavy atom. The number of piperidine rings is 1. The van der Waals surface area contributed by atoms with Gasteiger partial charge in [-0.2, -0.15) is 0 Å². The van der Waals surface area contributed by atoms with E-state index in [1.54, 1.807) is 0 Å². The third kappa shape index (κ3) is 4.76. The van der Waals surface area contributed by atoms with Crippen molar-refractivity contribution < 1.29 is 0 Å². The zero-order chi connectivity index (χ0) is 15.5. The van der Waals surface area contributed by atoms with Gasteiger partial charge >= 0.3 is 0 Å². The summed E-state index contributed by atoms with van der Waals surface area (Å²) in [4.78, 5) is 8.99. The van der Waals surface area contributed by atoms with Gasteiger partial charge in [-0.1, -0.05) is 34.6 Å². The maximum Gasteiger partial charge on any atom is 0.107 e. The van der Waals surface area contributed by atoms with E-state index in [0.29, 0.717) is 0 Å². The van der Waals surface area contributed by atoms with Crippen molar-refractivity contribution >= 4 is 11.3 Å². The molecule has 0 bridgehead atoms. The van der Waals surface area contributed by atoms with Crippen molar-refractivity contribution in [2.75, 3.05) is 19.6 Å². The van der Waals surface area contributed by atoms with Crippen LogP contribution >= 0.6 is 11.3 Å². The number of hydrogen-bond donors (Lipinski definition) is 1. The van der Waals surface area contributed by atoms with Crippen LogP contribution in [-0.2, 0) is 18.5 Å². The lowest BCUT2D eigenvalue weighted by molar-refractivity contribution is 0.176. The Morgan fingerprint density at radius 3 is 2.76 bits per heavy atom. The van der Waals surface area contributed by atoms with Gasteiger partial charge in [-0.15, -0.1) is 11.3 Å². The van der Waals surface area contributed by atoms with Gasteiger partial charge in [0.05, 0.1) is 12.2 Å². The van der Waals surface area contributed by atoms with Gasteiger partial charge in [0.1, 0.15) is 5.01 Å². The largest absolute Gasteiger partial charge is 0.312 e. The summed E-state index contributed by atoms with van der Waals surface area (Å²) in [5.41, 5.74) is 1.42. The summed E-state index contributed by atoms with van der Waals surface area (Å²) in [7, 11) is 0. The number of nitrogens with one attached hydrogen (secondary N) is 1. The second kappa shape index (κ2) is 7.21. The zero-order valence-electron chi connectivity index (χ0n) is 14.3. The fourth-order valence-corrected chi connectivity index (χ4v) is 4.33. The van der Waals surface area contributed by atoms with Crippen LogP contribution in [0.5, 0.6) is 0 Å². The van der Waals surface area contributed by atoms with Gasteiger partial charge in [-0.25, -0.2) is 4.98 Å². The SMILES string of the molecule is CCNCc1sc(CN2CCCC(C)C2)nc1C(C)(C)C. The van der Waals surface area contributed by atoms with Crippen molar-refractivity contribution in [1.29, 1.82) is 0 Å². The van der Waals surface area contributed by atoms with Crippen LogP contribution in [0.1, 0.15) is 63.0 Å². The summed E-state index contributed by atoms with van der Waals surface area (Å²) >= 11 is 1.91. The molecule has 1 N–H and O–H groups in total. The van der Waals surface area contributed by atoms with E-state index in [1.807, 2.05) is 11.3 Å². The molecule has 0 saturated carbocycles. The molecular formula is C17H31N3S. The maximum absolute atomic E-state index is 4.99. The molecule has 1 fully saturated rings. The summed E-state index contributed by atoms with van der Waals surface area (Å²) in [6.07, 6.45) is 2.72. The Morgan fingerprint density at radius 2 is 2.14 bits per heavy atom. The van der Waals surface area contributed by atoms with Crippen LogP contribution in [-0.4, -0.2) is 29.5 Å². The van der Waals surface area contributed by atoms with Gasteiger partial charge in [0.15, 0.2) is 0 Å². The first-order valence-corrected chi connectivity index (χ1v) is 9.14. The van der Waals surface area contributed by atoms with E-state index in [0.717, 1.165) is 25.6 Å². The van der Waals surface area contributed by atoms with Crippen LogP contribution in [0.15, 0.2) is 0 Å². The quantitative estimate of drug-likeness (QED) is 0.897. The normalized spacial score (nSPS) is 20.9. The molecular weight excluding hydrogens is 278 g/mol. The molecule has 1 saturated heterocycles. The van der Waals surface area contributed by atoms with Crippen molar-refractivity contribution in [1.82, 2.24) is 15.2 Å². The summed E-state index contributed by atoms with van der Waals surface area (Å²) in [5, 5.41) is 4.75. The Labute approximate surface area is 134 Å². The first kappa shape index (κ1) is 16.9. The monoisotopic (exact) mass is 309 g/mol. The second-order valence-corrected chi connectivity index (χ2v) is 8.56. The van der Waals surface area contributed by atoms with Crippen molar-refractivity contribution in [3.63, 3.8) is 0 Å². The average Bonchev–Trinajstić information content (AvgIpc) is 2.79. The summed E-state index contributed by atoms with van der Waals surface area (Å²) < 4.78 is 0. The van der Waals surface area contributed by atoms with E-state index < -0.39 is 0 Å². The standard InChI is InChI=1S/C17H31N3S/c1-6-18-10-14-16(17(3,4)5)19-15(21-14)12-20-9-7-8-13(2)11-20/h13,18H,6-12H2,1-5H3. The Kier molecular flexibility index (Phi) is 5.81. The van der Waals surface area contributed by atoms with E-state index >= 15 is 0 Å². The lowest BCUT2D eigenvalue weighted by Crippen LogP contribution is -2.33. The smallest absolute Gasteiger partial charge is 0.107 e. The van der Waals surface area contributed by atoms with Crippen LogP contribution in [0.4, 0.5) is 0 Å². The molecule has 1 atom stereocenters. The lowest BCUT2D eigenvalue weighted by atomic mass is 9.91. The van der Waals surface area contributed by atoms with Gasteiger partial charge in [0, 0.05) is 23.4 Å². The minimum absolute atomic E-state index is 0.134. The Balaban J connectivity index is 2.10. The molecule has 21 heavy (non-hydrogen) atoms. The van der Waals surface area contributed by atoms with Crippen molar-refractivity contribution in [3.8, 4) is 0 Å². The van der Waals surface area contributed by atoms with E-state index in [1.165, 1.54) is 41.5 Å². The Hall–Kier alpha value is -0.450. The van der Waals surface area contributed by atoms with E-state index in [9.17, 15) is 0 Å². The van der Waals surface area contributed by atoms with Gasteiger partial charge in [0.25, 0.3) is 0 Å². The number of likely N-dealkylation sites (tertiary alicyclic amines) is 1. The minimum Gasteiger partial charge on any atom is -0.312 e. The van der Waals surface area contributed by atoms with Crippen LogP contribution in [0.2, 0.25) is 0 Å². The fourth-order valence-electron chi connectivity index (χ4n) is 3.03. The Bertz CT molecular complexity index is 447. The molecule has 1 aromatic heterocycles. The van der Waals surface area contributed by atoms with Crippen LogP contribution in [0.25, 0.3) is 0 Å². The molecule has 1 aliphatic heterocycles. The number of rotatable bonds is 5.